The molecule has 8 nitrogen and oxygen atoms in total. The number of benzene rings is 2. The molecule has 1 aromatic heterocycles. The zero-order valence-electron chi connectivity index (χ0n) is 22.3. The van der Waals surface area contributed by atoms with Crippen LogP contribution in [0.2, 0.25) is 0 Å². The Labute approximate surface area is 241 Å². The van der Waals surface area contributed by atoms with Crippen LogP contribution in [0.15, 0.2) is 47.6 Å². The first-order valence-electron chi connectivity index (χ1n) is 12.8. The molecule has 0 saturated heterocycles. The molecule has 0 spiro atoms. The van der Waals surface area contributed by atoms with E-state index in [1.807, 2.05) is 46.5 Å². The highest BCUT2D eigenvalue weighted by atomic mass is 127. The fourth-order valence-electron chi connectivity index (χ4n) is 5.50. The van der Waals surface area contributed by atoms with Crippen LogP contribution in [0.5, 0.6) is 5.75 Å². The second kappa shape index (κ2) is 13.0. The summed E-state index contributed by atoms with van der Waals surface area (Å²) in [6.07, 6.45) is 8.41. The molecule has 1 saturated carbocycles. The number of hydrogen-bond donors (Lipinski definition) is 0. The number of para-hydroxylation sites is 2. The summed E-state index contributed by atoms with van der Waals surface area (Å²) in [7, 11) is 1.95. The second-order valence-electron chi connectivity index (χ2n) is 10.2. The minimum Gasteiger partial charge on any atom is -1.00 e. The van der Waals surface area contributed by atoms with Crippen LogP contribution in [0, 0.1) is 30.1 Å². The molecule has 1 heterocycles. The third-order valence-corrected chi connectivity index (χ3v) is 7.32. The van der Waals surface area contributed by atoms with E-state index in [0.29, 0.717) is 29.2 Å². The highest BCUT2D eigenvalue weighted by Gasteiger charge is 2.34. The summed E-state index contributed by atoms with van der Waals surface area (Å²) in [5.41, 5.74) is 12.1. The van der Waals surface area contributed by atoms with Crippen molar-refractivity contribution in [1.82, 2.24) is 4.57 Å². The summed E-state index contributed by atoms with van der Waals surface area (Å²) in [6.45, 7) is 6.77. The molecule has 0 amide bonds. The van der Waals surface area contributed by atoms with Crippen LogP contribution in [0.1, 0.15) is 40.0 Å². The maximum absolute atomic E-state index is 13.4. The van der Waals surface area contributed by atoms with Gasteiger partial charge >= 0.3 is 5.97 Å². The van der Waals surface area contributed by atoms with Gasteiger partial charge < -0.3 is 33.5 Å². The van der Waals surface area contributed by atoms with Crippen LogP contribution < -0.4 is 33.3 Å². The number of carbonyl (C=O) groups excluding carboxylic acids is 1. The van der Waals surface area contributed by atoms with Crippen LogP contribution in [-0.2, 0) is 23.1 Å². The van der Waals surface area contributed by atoms with E-state index in [1.165, 1.54) is 6.42 Å². The average Bonchev–Trinajstić information content (AvgIpc) is 3.14. The van der Waals surface area contributed by atoms with E-state index >= 15 is 0 Å². The molecule has 3 aromatic rings. The number of carbonyl (C=O) groups is 1. The summed E-state index contributed by atoms with van der Waals surface area (Å²) >= 11 is 0. The molecule has 1 unspecified atom stereocenters. The van der Waals surface area contributed by atoms with Crippen molar-refractivity contribution in [2.45, 2.75) is 52.7 Å². The van der Waals surface area contributed by atoms with E-state index in [2.05, 4.69) is 36.7 Å². The van der Waals surface area contributed by atoms with Gasteiger partial charge in [-0.2, -0.15) is 0 Å². The van der Waals surface area contributed by atoms with Gasteiger partial charge in [0.15, 0.2) is 17.6 Å². The number of terminal acetylenes is 1. The summed E-state index contributed by atoms with van der Waals surface area (Å²) in [5.74, 6) is 4.73. The molecule has 2 aromatic carbocycles. The van der Waals surface area contributed by atoms with E-state index in [-0.39, 0.29) is 49.2 Å². The topological polar surface area (TPSA) is 93.1 Å². The first-order chi connectivity index (χ1) is 17.8. The molecule has 0 N–H and O–H groups in total. The van der Waals surface area contributed by atoms with Crippen LogP contribution in [0.3, 0.4) is 0 Å². The number of ether oxygens (including phenoxy) is 2. The Bertz CT molecular complexity index is 1390. The van der Waals surface area contributed by atoms with Gasteiger partial charge in [0, 0.05) is 4.91 Å². The Morgan fingerprint density at radius 1 is 1.29 bits per heavy atom. The molecule has 38 heavy (non-hydrogen) atoms. The third-order valence-electron chi connectivity index (χ3n) is 7.32. The molecule has 1 fully saturated rings. The van der Waals surface area contributed by atoms with Crippen LogP contribution >= 0.6 is 0 Å². The standard InChI is InChI=1S/C29H34N5O3.HI/c1-6-15-36-26-14-12-21(17-23(26)31-32-30)29-33(5)24-9-7-8-10-25(24)34(29)18-28(35)37-27-16-20(4)11-13-22(27)19(2)3;/h1,7-10,12,14,17,19-20,22,27H,11,13,15-16,18H2,2-5H3;1H/q+1;/p-1/t20-,22+,27?;/m1./s1. The highest BCUT2D eigenvalue weighted by molar-refractivity contribution is 5.80. The monoisotopic (exact) mass is 627 g/mol. The van der Waals surface area contributed by atoms with E-state index in [9.17, 15) is 4.79 Å². The van der Waals surface area contributed by atoms with Gasteiger partial charge in [0.25, 0.3) is 5.82 Å². The zero-order valence-corrected chi connectivity index (χ0v) is 24.5. The third kappa shape index (κ3) is 6.25. The lowest BCUT2D eigenvalue weighted by Crippen LogP contribution is -3.00. The maximum atomic E-state index is 13.4. The molecule has 1 aliphatic rings. The maximum Gasteiger partial charge on any atom is 0.348 e. The lowest BCUT2D eigenvalue weighted by atomic mass is 9.75. The van der Waals surface area contributed by atoms with Gasteiger partial charge in [0.05, 0.1) is 18.3 Å². The van der Waals surface area contributed by atoms with Gasteiger partial charge in [0.2, 0.25) is 0 Å². The molecule has 0 radical (unpaired) electrons. The van der Waals surface area contributed by atoms with Gasteiger partial charge in [-0.15, -0.1) is 6.42 Å². The van der Waals surface area contributed by atoms with Crippen LogP contribution in [-0.4, -0.2) is 23.2 Å². The molecular formula is C29H34IN5O3. The Balaban J connectivity index is 0.00000400. The molecule has 0 bridgehead atoms. The molecule has 1 aliphatic carbocycles. The van der Waals surface area contributed by atoms with Crippen molar-refractivity contribution in [2.24, 2.45) is 29.9 Å². The summed E-state index contributed by atoms with van der Waals surface area (Å²) in [5, 5.41) is 3.81. The van der Waals surface area contributed by atoms with Crippen molar-refractivity contribution in [3.63, 3.8) is 0 Å². The minimum absolute atomic E-state index is 0. The van der Waals surface area contributed by atoms with Crippen molar-refractivity contribution < 1.29 is 42.8 Å². The lowest BCUT2D eigenvalue weighted by molar-refractivity contribution is -0.634. The van der Waals surface area contributed by atoms with Gasteiger partial charge in [-0.25, -0.2) is 13.9 Å². The predicted molar refractivity (Wildman–Crippen MR) is 143 cm³/mol. The highest BCUT2D eigenvalue weighted by Crippen LogP contribution is 2.36. The van der Waals surface area contributed by atoms with E-state index in [1.54, 1.807) is 12.1 Å². The Morgan fingerprint density at radius 2 is 2.05 bits per heavy atom. The largest absolute Gasteiger partial charge is 1.00 e. The number of hydrogen-bond acceptors (Lipinski definition) is 4. The molecule has 4 rings (SSSR count). The summed E-state index contributed by atoms with van der Waals surface area (Å²) in [4.78, 5) is 16.3. The fourth-order valence-corrected chi connectivity index (χ4v) is 5.50. The number of esters is 1. The number of imidazole rings is 1. The van der Waals surface area contributed by atoms with E-state index in [0.717, 1.165) is 35.3 Å². The van der Waals surface area contributed by atoms with Gasteiger partial charge in [-0.05, 0) is 66.5 Å². The molecule has 3 atom stereocenters. The van der Waals surface area contributed by atoms with Crippen molar-refractivity contribution in [1.29, 1.82) is 0 Å². The quantitative estimate of drug-likeness (QED) is 0.0732. The zero-order chi connectivity index (χ0) is 26.5. The van der Waals surface area contributed by atoms with Crippen molar-refractivity contribution in [2.75, 3.05) is 6.61 Å². The van der Waals surface area contributed by atoms with E-state index in [4.69, 9.17) is 21.4 Å². The second-order valence-corrected chi connectivity index (χ2v) is 10.2. The average molecular weight is 628 g/mol. The smallest absolute Gasteiger partial charge is 0.348 e. The van der Waals surface area contributed by atoms with Crippen molar-refractivity contribution in [3.8, 4) is 29.5 Å². The predicted octanol–water partition coefficient (Wildman–Crippen LogP) is 3.09. The summed E-state index contributed by atoms with van der Waals surface area (Å²) < 4.78 is 15.7. The van der Waals surface area contributed by atoms with Crippen LogP contribution in [0.4, 0.5) is 5.69 Å². The number of halogens is 1. The number of fused-ring (bicyclic) bond motifs is 1. The number of rotatable bonds is 8. The van der Waals surface area contributed by atoms with Gasteiger partial charge in [0.1, 0.15) is 18.5 Å². The number of azide groups is 1. The number of aromatic nitrogens is 2. The Hall–Kier alpha value is -3.22. The van der Waals surface area contributed by atoms with Crippen molar-refractivity contribution in [3.05, 3.63) is 52.9 Å². The molecule has 200 valence electrons. The summed E-state index contributed by atoms with van der Waals surface area (Å²) in [6, 6.07) is 13.3. The normalized spacial score (nSPS) is 18.8. The first-order valence-corrected chi connectivity index (χ1v) is 12.8. The fraction of sp³-hybridized carbons (Fsp3) is 0.448. The van der Waals surface area contributed by atoms with E-state index < -0.39 is 0 Å². The minimum atomic E-state index is -0.253. The van der Waals surface area contributed by atoms with Crippen LogP contribution in [0.25, 0.3) is 32.9 Å². The number of nitrogens with zero attached hydrogens (tertiary/aromatic N) is 5. The van der Waals surface area contributed by atoms with Gasteiger partial charge in [-0.3, -0.25) is 0 Å². The Morgan fingerprint density at radius 3 is 2.76 bits per heavy atom. The molecule has 0 aliphatic heterocycles. The Kier molecular flexibility index (Phi) is 10.1. The first kappa shape index (κ1) is 29.3. The lowest BCUT2D eigenvalue weighted by Gasteiger charge is -2.36. The SMILES string of the molecule is C#CCOc1ccc(-c2n(CC(=O)OC3C[C@H](C)CC[C@H]3C(C)C)c3ccccc3[n+]2C)cc1N=[N+]=[N-].[I-]. The van der Waals surface area contributed by atoms with Gasteiger partial charge in [-0.1, -0.05) is 50.4 Å². The molecule has 9 heteroatoms. The van der Waals surface area contributed by atoms with Crippen molar-refractivity contribution >= 4 is 22.7 Å². The molecular weight excluding hydrogens is 593 g/mol. The number of aryl methyl sites for hydroxylation is 1.